The van der Waals surface area contributed by atoms with Crippen molar-refractivity contribution in [3.63, 3.8) is 0 Å². The Hall–Kier alpha value is -17.0. The smallest absolute Gasteiger partial charge is 0.0340 e. The largest absolute Gasteiger partial charge is 0.399 e. The van der Waals surface area contributed by atoms with Gasteiger partial charge in [-0.3, -0.25) is 0 Å². The standard InChI is InChI=1S/C54H42N4.2C32H30N4/c55-49-21-17-37-25-45(13-9-41(37)29-49)53(46-14-10-42-30-50(56)22-18-38(42)26-46)35-5-1-33(2-6-35)34-3-7-36(8-4-34)54(47-15-11-43-31-51(57)23-19-39(43)27-47)48-16-12-44-32-52(58)24-20-40(44)28-48;33-27-13-5-23(6-14-27)31(24-7-15-28(34)16-8-24)21-1-2-22(4-3-21)32(25-9-17-29(35)18-10-25)26-11-19-30(36)20-12-26;33-27-12-4-21(5-13-27)31(22-6-14-28(34)15-7-22)25-2-1-3-26(20-25)32(23-8-16-29(35)17-9-23)24-10-18-30(36)19-11-24/h1-32,53-54H,55-58H2;2*1-20,31-32H,33-36H2. The lowest BCUT2D eigenvalue weighted by molar-refractivity contribution is 0.940. The maximum Gasteiger partial charge on any atom is 0.0340 e. The molecule has 0 aromatic heterocycles. The van der Waals surface area contributed by atoms with Gasteiger partial charge in [-0.15, -0.1) is 0 Å². The molecule has 0 heterocycles. The van der Waals surface area contributed by atoms with E-state index in [1.165, 1.54) is 133 Å². The van der Waals surface area contributed by atoms with Crippen molar-refractivity contribution in [3.05, 3.63) is 537 Å². The molecular weight excluding hydrogens is 1590 g/mol. The molecule has 12 heteroatoms. The molecule has 0 saturated carbocycles. The monoisotopic (exact) mass is 1690 g/mol. The van der Waals surface area contributed by atoms with Crippen LogP contribution in [0.3, 0.4) is 0 Å². The first-order valence-corrected chi connectivity index (χ1v) is 43.7. The molecule has 0 aliphatic rings. The molecule has 20 aromatic carbocycles. The fraction of sp³-hybridized carbons (Fsp3) is 0.0508. The number of fused-ring (bicyclic) bond motifs is 4. The maximum absolute atomic E-state index is 6.13. The highest BCUT2D eigenvalue weighted by Crippen LogP contribution is 2.44. The molecule has 0 atom stereocenters. The van der Waals surface area contributed by atoms with E-state index >= 15 is 0 Å². The summed E-state index contributed by atoms with van der Waals surface area (Å²) in [5.74, 6) is 0.239. The molecule has 0 bridgehead atoms. The fourth-order valence-corrected chi connectivity index (χ4v) is 18.4. The minimum Gasteiger partial charge on any atom is -0.399 e. The van der Waals surface area contributed by atoms with Crippen LogP contribution in [0.1, 0.15) is 136 Å². The van der Waals surface area contributed by atoms with E-state index in [2.05, 4.69) is 291 Å². The lowest BCUT2D eigenvalue weighted by Gasteiger charge is -2.23. The molecular formula is C118H102N12. The minimum atomic E-state index is 0.0258. The predicted molar refractivity (Wildman–Crippen MR) is 551 cm³/mol. The van der Waals surface area contributed by atoms with E-state index in [4.69, 9.17) is 68.8 Å². The number of hydrogen-bond donors (Lipinski definition) is 12. The van der Waals surface area contributed by atoms with Gasteiger partial charge >= 0.3 is 0 Å². The molecule has 20 rings (SSSR count). The molecule has 0 amide bonds. The van der Waals surface area contributed by atoms with Gasteiger partial charge in [0.15, 0.2) is 0 Å². The van der Waals surface area contributed by atoms with Gasteiger partial charge in [0.05, 0.1) is 0 Å². The van der Waals surface area contributed by atoms with Crippen LogP contribution in [0.4, 0.5) is 68.2 Å². The van der Waals surface area contributed by atoms with Crippen LogP contribution in [0, 0.1) is 0 Å². The van der Waals surface area contributed by atoms with E-state index in [1.807, 2.05) is 146 Å². The van der Waals surface area contributed by atoms with Crippen LogP contribution in [-0.4, -0.2) is 0 Å². The highest BCUT2D eigenvalue weighted by Gasteiger charge is 2.27. The van der Waals surface area contributed by atoms with Gasteiger partial charge in [0.2, 0.25) is 0 Å². The molecule has 634 valence electrons. The Morgan fingerprint density at radius 3 is 0.415 bits per heavy atom. The van der Waals surface area contributed by atoms with Crippen LogP contribution in [0.2, 0.25) is 0 Å². The molecule has 0 unspecified atom stereocenters. The first-order chi connectivity index (χ1) is 63.3. The third-order valence-electron chi connectivity index (χ3n) is 25.0. The second-order valence-corrected chi connectivity index (χ2v) is 34.0. The summed E-state index contributed by atoms with van der Waals surface area (Å²) >= 11 is 0. The third-order valence-corrected chi connectivity index (χ3v) is 25.0. The maximum atomic E-state index is 6.13. The fourth-order valence-electron chi connectivity index (χ4n) is 18.4. The SMILES string of the molecule is Nc1ccc(C(c2ccc(N)cc2)c2ccc(C(c3ccc(N)cc3)c3ccc(N)cc3)cc2)cc1.Nc1ccc(C(c2ccc(N)cc2)c2cccc(C(c3ccc(N)cc3)c3ccc(N)cc3)c2)cc1.Nc1ccc2cc(C(c3ccc(-c4ccc(C(c5ccc6cc(N)ccc6c5)c5ccc6cc(N)ccc6c5)cc4)cc3)c3ccc4cc(N)ccc4c3)ccc2c1. The summed E-state index contributed by atoms with van der Waals surface area (Å²) in [7, 11) is 0. The number of anilines is 12. The summed E-state index contributed by atoms with van der Waals surface area (Å²) in [5.41, 5.74) is 105. The van der Waals surface area contributed by atoms with Crippen molar-refractivity contribution in [2.75, 3.05) is 68.8 Å². The molecule has 0 aliphatic heterocycles. The normalized spacial score (nSPS) is 11.4. The van der Waals surface area contributed by atoms with E-state index in [1.54, 1.807) is 0 Å². The van der Waals surface area contributed by atoms with Gasteiger partial charge in [0, 0.05) is 104 Å². The summed E-state index contributed by atoms with van der Waals surface area (Å²) in [5, 5.41) is 9.21. The Morgan fingerprint density at radius 2 is 0.223 bits per heavy atom. The zero-order valence-corrected chi connectivity index (χ0v) is 72.0. The van der Waals surface area contributed by atoms with Crippen LogP contribution in [0.5, 0.6) is 0 Å². The molecule has 0 fully saturated rings. The van der Waals surface area contributed by atoms with Crippen molar-refractivity contribution in [2.45, 2.75) is 35.5 Å². The Kier molecular flexibility index (Phi) is 23.9. The van der Waals surface area contributed by atoms with Crippen molar-refractivity contribution >= 4 is 111 Å². The van der Waals surface area contributed by atoms with Gasteiger partial charge in [0.1, 0.15) is 0 Å². The molecule has 0 spiro atoms. The number of benzene rings is 20. The van der Waals surface area contributed by atoms with Crippen LogP contribution >= 0.6 is 0 Å². The van der Waals surface area contributed by atoms with E-state index < -0.39 is 0 Å². The van der Waals surface area contributed by atoms with Crippen LogP contribution in [-0.2, 0) is 0 Å². The molecule has 12 nitrogen and oxygen atoms in total. The van der Waals surface area contributed by atoms with E-state index in [-0.39, 0.29) is 35.5 Å². The Balaban J connectivity index is 0.000000138. The second kappa shape index (κ2) is 37.1. The average Bonchev–Trinajstić information content (AvgIpc) is 0.790. The Labute approximate surface area is 758 Å². The lowest BCUT2D eigenvalue weighted by atomic mass is 9.80. The molecule has 20 aromatic rings. The van der Waals surface area contributed by atoms with Crippen LogP contribution in [0.25, 0.3) is 54.2 Å². The average molecular weight is 1690 g/mol. The van der Waals surface area contributed by atoms with Crippen molar-refractivity contribution in [1.29, 1.82) is 0 Å². The highest BCUT2D eigenvalue weighted by molar-refractivity contribution is 5.90. The summed E-state index contributed by atoms with van der Waals surface area (Å²) in [4.78, 5) is 0. The highest BCUT2D eigenvalue weighted by atomic mass is 14.6. The molecule has 0 aliphatic carbocycles. The topological polar surface area (TPSA) is 312 Å². The zero-order chi connectivity index (χ0) is 89.5. The number of nitrogen functional groups attached to an aromatic ring is 12. The van der Waals surface area contributed by atoms with E-state index in [0.717, 1.165) is 89.8 Å². The molecule has 0 radical (unpaired) electrons. The quantitative estimate of drug-likeness (QED) is 0.0266. The molecule has 0 saturated heterocycles. The van der Waals surface area contributed by atoms with Crippen molar-refractivity contribution < 1.29 is 0 Å². The van der Waals surface area contributed by atoms with Crippen molar-refractivity contribution in [3.8, 4) is 11.1 Å². The van der Waals surface area contributed by atoms with Crippen LogP contribution < -0.4 is 68.8 Å². The molecule has 24 N–H and O–H groups in total. The summed E-state index contributed by atoms with van der Waals surface area (Å²) in [6, 6.07) is 152. The first-order valence-electron chi connectivity index (χ1n) is 43.7. The van der Waals surface area contributed by atoms with Gasteiger partial charge in [-0.1, -0.05) is 291 Å². The lowest BCUT2D eigenvalue weighted by Crippen LogP contribution is -2.08. The Morgan fingerprint density at radius 1 is 0.100 bits per heavy atom. The summed E-state index contributed by atoms with van der Waals surface area (Å²) in [6.45, 7) is 0. The van der Waals surface area contributed by atoms with E-state index in [9.17, 15) is 0 Å². The summed E-state index contributed by atoms with van der Waals surface area (Å²) in [6.07, 6.45) is 0. The first kappa shape index (κ1) is 83.9. The van der Waals surface area contributed by atoms with Crippen molar-refractivity contribution in [1.82, 2.24) is 0 Å². The van der Waals surface area contributed by atoms with Gasteiger partial charge < -0.3 is 68.8 Å². The zero-order valence-electron chi connectivity index (χ0n) is 72.0. The third kappa shape index (κ3) is 18.9. The van der Waals surface area contributed by atoms with Crippen LogP contribution in [0.15, 0.2) is 437 Å². The van der Waals surface area contributed by atoms with Crippen molar-refractivity contribution in [2.24, 2.45) is 0 Å². The molecule has 130 heavy (non-hydrogen) atoms. The number of nitrogens with two attached hydrogens (primary N) is 12. The predicted octanol–water partition coefficient (Wildman–Crippen LogP) is 25.4. The van der Waals surface area contributed by atoms with Gasteiger partial charge in [-0.25, -0.2) is 0 Å². The number of rotatable bonds is 19. The Bertz CT molecular complexity index is 6580. The van der Waals surface area contributed by atoms with Gasteiger partial charge in [0.25, 0.3) is 0 Å². The van der Waals surface area contributed by atoms with E-state index in [0.29, 0.717) is 0 Å². The summed E-state index contributed by atoms with van der Waals surface area (Å²) < 4.78 is 0. The van der Waals surface area contributed by atoms with Gasteiger partial charge in [-0.2, -0.15) is 0 Å². The van der Waals surface area contributed by atoms with Gasteiger partial charge in [-0.05, 0) is 300 Å². The second-order valence-electron chi connectivity index (χ2n) is 34.0. The minimum absolute atomic E-state index is 0.0258. The number of hydrogen-bond acceptors (Lipinski definition) is 12.